The Morgan fingerprint density at radius 2 is 1.52 bits per heavy atom. The molecule has 0 aromatic rings. The van der Waals surface area contributed by atoms with E-state index < -0.39 is 0 Å². The Bertz CT molecular complexity index is 442. The van der Waals surface area contributed by atoms with Gasteiger partial charge in [0.1, 0.15) is 0 Å². The third-order valence-electron chi connectivity index (χ3n) is 6.23. The molecule has 0 aromatic carbocycles. The fraction of sp³-hybridized carbons (Fsp3) is 0.957. The predicted molar refractivity (Wildman–Crippen MR) is 116 cm³/mol. The molecule has 2 atom stereocenters. The molecular formula is C23H44N2O4. The standard InChI is InChI=1S/C23H44N2O4/c1-4-27-10-11-29-13-12-28-9-7-5-6-8-24-22(26)25-23(3)17-20-14-19(2)15-21(16-20)18-23/h19-21H,4-18H2,1-3H3,(H2,24,25,26). The van der Waals surface area contributed by atoms with Crippen LogP contribution in [0.25, 0.3) is 0 Å². The summed E-state index contributed by atoms with van der Waals surface area (Å²) in [6.45, 7) is 11.3. The number of hydrogen-bond acceptors (Lipinski definition) is 4. The van der Waals surface area contributed by atoms with E-state index >= 15 is 0 Å². The Hall–Kier alpha value is -0.850. The van der Waals surface area contributed by atoms with Gasteiger partial charge >= 0.3 is 6.03 Å². The zero-order valence-corrected chi connectivity index (χ0v) is 19.0. The highest BCUT2D eigenvalue weighted by Gasteiger charge is 2.41. The molecule has 6 nitrogen and oxygen atoms in total. The van der Waals surface area contributed by atoms with Crippen molar-refractivity contribution in [3.8, 4) is 0 Å². The number of unbranched alkanes of at least 4 members (excludes halogenated alkanes) is 2. The normalized spacial score (nSPS) is 28.9. The average Bonchev–Trinajstić information content (AvgIpc) is 2.64. The molecule has 0 spiro atoms. The second kappa shape index (κ2) is 13.5. The molecule has 0 aliphatic heterocycles. The fourth-order valence-corrected chi connectivity index (χ4v) is 5.30. The molecule has 29 heavy (non-hydrogen) atoms. The van der Waals surface area contributed by atoms with Crippen LogP contribution in [0, 0.1) is 17.8 Å². The lowest BCUT2D eigenvalue weighted by atomic mass is 9.63. The summed E-state index contributed by atoms with van der Waals surface area (Å²) < 4.78 is 16.2. The van der Waals surface area contributed by atoms with Gasteiger partial charge in [-0.2, -0.15) is 0 Å². The Labute approximate surface area is 177 Å². The maximum atomic E-state index is 12.3. The van der Waals surface area contributed by atoms with E-state index in [1.54, 1.807) is 0 Å². The van der Waals surface area contributed by atoms with Crippen LogP contribution in [0.3, 0.4) is 0 Å². The van der Waals surface area contributed by atoms with Crippen LogP contribution in [0.4, 0.5) is 4.79 Å². The number of hydrogen-bond donors (Lipinski definition) is 2. The Kier molecular flexibility index (Phi) is 11.3. The number of carbonyl (C=O) groups is 1. The van der Waals surface area contributed by atoms with Gasteiger partial charge in [-0.1, -0.05) is 6.92 Å². The largest absolute Gasteiger partial charge is 0.379 e. The Morgan fingerprint density at radius 1 is 0.897 bits per heavy atom. The first kappa shape index (κ1) is 24.4. The molecule has 2 rings (SSSR count). The first-order chi connectivity index (χ1) is 14.0. The lowest BCUT2D eigenvalue weighted by molar-refractivity contribution is 0.0162. The minimum Gasteiger partial charge on any atom is -0.379 e. The molecule has 2 aliphatic carbocycles. The van der Waals surface area contributed by atoms with Gasteiger partial charge < -0.3 is 24.8 Å². The van der Waals surface area contributed by atoms with Crippen LogP contribution in [0.5, 0.6) is 0 Å². The van der Waals surface area contributed by atoms with Crippen molar-refractivity contribution in [1.82, 2.24) is 10.6 Å². The molecule has 0 radical (unpaired) electrons. The maximum Gasteiger partial charge on any atom is 0.315 e. The maximum absolute atomic E-state index is 12.3. The number of rotatable bonds is 14. The molecule has 2 fully saturated rings. The first-order valence-corrected chi connectivity index (χ1v) is 11.8. The molecule has 0 saturated heterocycles. The van der Waals surface area contributed by atoms with E-state index in [2.05, 4.69) is 24.5 Å². The zero-order valence-electron chi connectivity index (χ0n) is 19.0. The van der Waals surface area contributed by atoms with Crippen molar-refractivity contribution in [1.29, 1.82) is 0 Å². The van der Waals surface area contributed by atoms with E-state index in [0.717, 1.165) is 69.6 Å². The van der Waals surface area contributed by atoms with Crippen LogP contribution < -0.4 is 10.6 Å². The third-order valence-corrected chi connectivity index (χ3v) is 6.23. The molecule has 2 N–H and O–H groups in total. The van der Waals surface area contributed by atoms with Crippen LogP contribution in [0.2, 0.25) is 0 Å². The van der Waals surface area contributed by atoms with Crippen molar-refractivity contribution in [2.45, 2.75) is 77.7 Å². The summed E-state index contributed by atoms with van der Waals surface area (Å²) >= 11 is 0. The van der Waals surface area contributed by atoms with Crippen LogP contribution in [-0.4, -0.2) is 57.8 Å². The summed E-state index contributed by atoms with van der Waals surface area (Å²) in [7, 11) is 0. The number of carbonyl (C=O) groups excluding carboxylic acids is 1. The summed E-state index contributed by atoms with van der Waals surface area (Å²) in [6, 6.07) is 0.000901. The van der Waals surface area contributed by atoms with E-state index in [1.165, 1.54) is 19.3 Å². The van der Waals surface area contributed by atoms with Gasteiger partial charge in [0.05, 0.1) is 26.4 Å². The van der Waals surface area contributed by atoms with Crippen LogP contribution in [-0.2, 0) is 14.2 Å². The lowest BCUT2D eigenvalue weighted by Gasteiger charge is -2.47. The number of fused-ring (bicyclic) bond motifs is 2. The van der Waals surface area contributed by atoms with Crippen LogP contribution >= 0.6 is 0 Å². The van der Waals surface area contributed by atoms with Gasteiger partial charge in [0.25, 0.3) is 0 Å². The number of amides is 2. The molecule has 0 heterocycles. The van der Waals surface area contributed by atoms with E-state index in [1.807, 2.05) is 6.92 Å². The second-order valence-electron chi connectivity index (χ2n) is 9.38. The lowest BCUT2D eigenvalue weighted by Crippen LogP contribution is -2.55. The van der Waals surface area contributed by atoms with Gasteiger partial charge in [0, 0.05) is 25.3 Å². The summed E-state index contributed by atoms with van der Waals surface area (Å²) in [5.41, 5.74) is -0.0314. The van der Waals surface area contributed by atoms with Crippen LogP contribution in [0.1, 0.15) is 72.1 Å². The van der Waals surface area contributed by atoms with E-state index in [-0.39, 0.29) is 11.6 Å². The highest BCUT2D eigenvalue weighted by Crippen LogP contribution is 2.46. The molecule has 6 heteroatoms. The van der Waals surface area contributed by atoms with Gasteiger partial charge in [-0.3, -0.25) is 0 Å². The van der Waals surface area contributed by atoms with Crippen molar-refractivity contribution in [3.63, 3.8) is 0 Å². The number of urea groups is 1. The molecule has 2 unspecified atom stereocenters. The van der Waals surface area contributed by atoms with Crippen molar-refractivity contribution in [3.05, 3.63) is 0 Å². The quantitative estimate of drug-likeness (QED) is 0.421. The monoisotopic (exact) mass is 412 g/mol. The molecule has 2 aliphatic rings. The highest BCUT2D eigenvalue weighted by atomic mass is 16.5. The molecule has 170 valence electrons. The number of nitrogens with one attached hydrogen (secondary N) is 2. The fourth-order valence-electron chi connectivity index (χ4n) is 5.30. The summed E-state index contributed by atoms with van der Waals surface area (Å²) in [6.07, 6.45) is 9.35. The number of ether oxygens (including phenoxy) is 3. The predicted octanol–water partition coefficient (Wildman–Crippen LogP) is 4.13. The van der Waals surface area contributed by atoms with Gasteiger partial charge in [0.2, 0.25) is 0 Å². The molecular weight excluding hydrogens is 368 g/mol. The second-order valence-corrected chi connectivity index (χ2v) is 9.38. The summed E-state index contributed by atoms with van der Waals surface area (Å²) in [4.78, 5) is 12.3. The molecule has 2 amide bonds. The molecule has 0 aromatic heterocycles. The van der Waals surface area contributed by atoms with Crippen molar-refractivity contribution < 1.29 is 19.0 Å². The SMILES string of the molecule is CCOCCOCCOCCCCCNC(=O)NC1(C)CC2CC(C)CC(C2)C1. The average molecular weight is 413 g/mol. The summed E-state index contributed by atoms with van der Waals surface area (Å²) in [5, 5.41) is 6.33. The van der Waals surface area contributed by atoms with Crippen LogP contribution in [0.15, 0.2) is 0 Å². The van der Waals surface area contributed by atoms with E-state index in [4.69, 9.17) is 14.2 Å². The first-order valence-electron chi connectivity index (χ1n) is 11.8. The topological polar surface area (TPSA) is 68.8 Å². The summed E-state index contributed by atoms with van der Waals surface area (Å²) in [5.74, 6) is 2.43. The van der Waals surface area contributed by atoms with Crippen molar-refractivity contribution in [2.24, 2.45) is 17.8 Å². The smallest absolute Gasteiger partial charge is 0.315 e. The van der Waals surface area contributed by atoms with Crippen molar-refractivity contribution >= 4 is 6.03 Å². The van der Waals surface area contributed by atoms with E-state index in [9.17, 15) is 4.79 Å². The Balaban J connectivity index is 1.42. The van der Waals surface area contributed by atoms with Crippen molar-refractivity contribution in [2.75, 3.05) is 46.2 Å². The zero-order chi connectivity index (χ0) is 21.0. The van der Waals surface area contributed by atoms with Gasteiger partial charge in [-0.15, -0.1) is 0 Å². The van der Waals surface area contributed by atoms with Gasteiger partial charge in [0.15, 0.2) is 0 Å². The van der Waals surface area contributed by atoms with Gasteiger partial charge in [-0.05, 0) is 83.0 Å². The Morgan fingerprint density at radius 3 is 2.17 bits per heavy atom. The third kappa shape index (κ3) is 10.1. The van der Waals surface area contributed by atoms with E-state index in [0.29, 0.717) is 26.4 Å². The van der Waals surface area contributed by atoms with Gasteiger partial charge in [-0.25, -0.2) is 4.79 Å². The highest BCUT2D eigenvalue weighted by molar-refractivity contribution is 5.74. The molecule has 2 saturated carbocycles. The minimum absolute atomic E-state index is 0.000901. The molecule has 2 bridgehead atoms. The minimum atomic E-state index is -0.0314.